The molecule has 3 N–H and O–H groups in total. The van der Waals surface area contributed by atoms with Gasteiger partial charge in [0.05, 0.1) is 12.0 Å². The molecule has 0 bridgehead atoms. The van der Waals surface area contributed by atoms with Gasteiger partial charge in [-0.25, -0.2) is 0 Å². The van der Waals surface area contributed by atoms with Crippen molar-refractivity contribution < 1.29 is 19.1 Å². The molecule has 0 unspecified atom stereocenters. The van der Waals surface area contributed by atoms with E-state index in [9.17, 15) is 14.4 Å². The number of methoxy groups -OCH3 is 1. The third kappa shape index (κ3) is 4.23. The second kappa shape index (κ2) is 8.46. The zero-order chi connectivity index (χ0) is 21.1. The van der Waals surface area contributed by atoms with E-state index in [1.807, 2.05) is 24.4 Å². The molecule has 1 saturated heterocycles. The molecular formula is C22H19N3O4S. The second-order valence-electron chi connectivity index (χ2n) is 6.71. The van der Waals surface area contributed by atoms with E-state index in [0.717, 1.165) is 39.5 Å². The first kappa shape index (κ1) is 19.8. The van der Waals surface area contributed by atoms with E-state index in [2.05, 4.69) is 15.6 Å². The maximum atomic E-state index is 12.4. The summed E-state index contributed by atoms with van der Waals surface area (Å²) in [5.74, 6) is 0.219. The van der Waals surface area contributed by atoms with Crippen LogP contribution in [0.3, 0.4) is 0 Å². The van der Waals surface area contributed by atoms with E-state index in [1.165, 1.54) is 0 Å². The highest BCUT2D eigenvalue weighted by Crippen LogP contribution is 2.26. The van der Waals surface area contributed by atoms with E-state index < -0.39 is 5.91 Å². The molecule has 0 saturated carbocycles. The summed E-state index contributed by atoms with van der Waals surface area (Å²) in [6, 6.07) is 12.7. The van der Waals surface area contributed by atoms with Gasteiger partial charge in [-0.2, -0.15) is 0 Å². The Hall–Kier alpha value is -3.52. The minimum Gasteiger partial charge on any atom is -0.497 e. The van der Waals surface area contributed by atoms with Crippen LogP contribution < -0.4 is 15.4 Å². The molecule has 0 radical (unpaired) electrons. The largest absolute Gasteiger partial charge is 0.497 e. The molecule has 8 heteroatoms. The van der Waals surface area contributed by atoms with Crippen LogP contribution >= 0.6 is 11.8 Å². The normalized spacial score (nSPS) is 14.9. The van der Waals surface area contributed by atoms with Gasteiger partial charge in [0, 0.05) is 29.2 Å². The average molecular weight is 421 g/mol. The van der Waals surface area contributed by atoms with Crippen molar-refractivity contribution in [3.05, 3.63) is 70.3 Å². The molecule has 2 aromatic carbocycles. The minimum absolute atomic E-state index is 0.171. The predicted molar refractivity (Wildman–Crippen MR) is 116 cm³/mol. The summed E-state index contributed by atoms with van der Waals surface area (Å²) in [5, 5.41) is 5.83. The van der Waals surface area contributed by atoms with Gasteiger partial charge in [0.15, 0.2) is 0 Å². The van der Waals surface area contributed by atoms with Crippen LogP contribution in [0.1, 0.15) is 21.5 Å². The number of amides is 3. The zero-order valence-electron chi connectivity index (χ0n) is 16.2. The van der Waals surface area contributed by atoms with Gasteiger partial charge in [0.1, 0.15) is 5.75 Å². The van der Waals surface area contributed by atoms with Crippen LogP contribution in [-0.2, 0) is 11.2 Å². The summed E-state index contributed by atoms with van der Waals surface area (Å²) < 4.78 is 5.28. The summed E-state index contributed by atoms with van der Waals surface area (Å²) in [6.07, 6.45) is 4.25. The third-order valence-corrected chi connectivity index (χ3v) is 5.58. The second-order valence-corrected chi connectivity index (χ2v) is 7.72. The minimum atomic E-state index is -0.401. The lowest BCUT2D eigenvalue weighted by Gasteiger charge is -2.06. The number of aromatic nitrogens is 1. The van der Waals surface area contributed by atoms with Crippen LogP contribution in [0.15, 0.2) is 53.6 Å². The summed E-state index contributed by atoms with van der Waals surface area (Å²) in [7, 11) is 1.64. The van der Waals surface area contributed by atoms with Gasteiger partial charge >= 0.3 is 0 Å². The van der Waals surface area contributed by atoms with Crippen LogP contribution in [0.5, 0.6) is 5.75 Å². The molecule has 30 heavy (non-hydrogen) atoms. The number of carbonyl (C=O) groups excluding carboxylic acids is 3. The highest BCUT2D eigenvalue weighted by molar-refractivity contribution is 8.18. The molecule has 3 aromatic rings. The molecular weight excluding hydrogens is 402 g/mol. The molecule has 0 atom stereocenters. The Labute approximate surface area is 176 Å². The first-order valence-electron chi connectivity index (χ1n) is 9.30. The number of ether oxygens (including phenoxy) is 1. The van der Waals surface area contributed by atoms with E-state index in [-0.39, 0.29) is 11.1 Å². The topological polar surface area (TPSA) is 100 Å². The molecule has 1 aromatic heterocycles. The fourth-order valence-corrected chi connectivity index (χ4v) is 3.89. The number of imide groups is 1. The highest BCUT2D eigenvalue weighted by atomic mass is 32.2. The standard InChI is InChI=1S/C22H19N3O4S/c1-29-16-6-7-18-17(11-16)15(12-24-18)8-9-23-20(26)14-4-2-13(3-5-14)10-19-21(27)25-22(28)30-19/h2-7,10-12,24H,8-9H2,1H3,(H,23,26)(H,25,27,28). The van der Waals surface area contributed by atoms with E-state index in [1.54, 1.807) is 37.5 Å². The number of hydrogen-bond donors (Lipinski definition) is 3. The van der Waals surface area contributed by atoms with Crippen LogP contribution in [-0.4, -0.2) is 35.7 Å². The molecule has 152 valence electrons. The van der Waals surface area contributed by atoms with Gasteiger partial charge in [0.2, 0.25) is 0 Å². The lowest BCUT2D eigenvalue weighted by Crippen LogP contribution is -2.25. The quantitative estimate of drug-likeness (QED) is 0.529. The van der Waals surface area contributed by atoms with Crippen LogP contribution in [0.2, 0.25) is 0 Å². The number of fused-ring (bicyclic) bond motifs is 1. The maximum absolute atomic E-state index is 12.4. The lowest BCUT2D eigenvalue weighted by atomic mass is 10.1. The van der Waals surface area contributed by atoms with E-state index in [4.69, 9.17) is 4.74 Å². The van der Waals surface area contributed by atoms with Crippen molar-refractivity contribution in [3.8, 4) is 5.75 Å². The van der Waals surface area contributed by atoms with Crippen molar-refractivity contribution in [1.82, 2.24) is 15.6 Å². The fraction of sp³-hybridized carbons (Fsp3) is 0.136. The predicted octanol–water partition coefficient (Wildman–Crippen LogP) is 3.47. The molecule has 0 spiro atoms. The van der Waals surface area contributed by atoms with E-state index >= 15 is 0 Å². The van der Waals surface area contributed by atoms with Crippen molar-refractivity contribution in [2.45, 2.75) is 6.42 Å². The van der Waals surface area contributed by atoms with Gasteiger partial charge in [0.25, 0.3) is 17.1 Å². The lowest BCUT2D eigenvalue weighted by molar-refractivity contribution is -0.115. The molecule has 1 aliphatic rings. The number of nitrogens with one attached hydrogen (secondary N) is 3. The zero-order valence-corrected chi connectivity index (χ0v) is 17.0. The Kier molecular flexibility index (Phi) is 5.58. The molecule has 2 heterocycles. The SMILES string of the molecule is COc1ccc2[nH]cc(CCNC(=O)c3ccc(C=C4SC(=O)NC4=O)cc3)c2c1. The monoisotopic (exact) mass is 421 g/mol. The maximum Gasteiger partial charge on any atom is 0.290 e. The molecule has 3 amide bonds. The number of aromatic amines is 1. The van der Waals surface area contributed by atoms with E-state index in [0.29, 0.717) is 23.4 Å². The van der Waals surface area contributed by atoms with Crippen molar-refractivity contribution in [2.24, 2.45) is 0 Å². The molecule has 1 aliphatic heterocycles. The number of rotatable bonds is 6. The first-order valence-corrected chi connectivity index (χ1v) is 10.1. The Bertz CT molecular complexity index is 1160. The molecule has 7 nitrogen and oxygen atoms in total. The van der Waals surface area contributed by atoms with Gasteiger partial charge < -0.3 is 15.0 Å². The van der Waals surface area contributed by atoms with Gasteiger partial charge in [-0.05, 0) is 65.7 Å². The van der Waals surface area contributed by atoms with Crippen molar-refractivity contribution in [1.29, 1.82) is 0 Å². The third-order valence-electron chi connectivity index (χ3n) is 4.77. The van der Waals surface area contributed by atoms with Crippen LogP contribution in [0.4, 0.5) is 4.79 Å². The fourth-order valence-electron chi connectivity index (χ4n) is 3.21. The summed E-state index contributed by atoms with van der Waals surface area (Å²) in [5.41, 5.74) is 3.40. The number of thioether (sulfide) groups is 1. The Morgan fingerprint density at radius 1 is 1.17 bits per heavy atom. The molecule has 4 rings (SSSR count). The highest BCUT2D eigenvalue weighted by Gasteiger charge is 2.24. The molecule has 1 fully saturated rings. The molecule has 0 aliphatic carbocycles. The summed E-state index contributed by atoms with van der Waals surface area (Å²) in [6.45, 7) is 0.494. The first-order chi connectivity index (χ1) is 14.5. The number of H-pyrrole nitrogens is 1. The van der Waals surface area contributed by atoms with Crippen molar-refractivity contribution >= 4 is 45.8 Å². The van der Waals surface area contributed by atoms with Crippen LogP contribution in [0.25, 0.3) is 17.0 Å². The van der Waals surface area contributed by atoms with Gasteiger partial charge in [-0.15, -0.1) is 0 Å². The van der Waals surface area contributed by atoms with Gasteiger partial charge in [-0.1, -0.05) is 12.1 Å². The smallest absolute Gasteiger partial charge is 0.290 e. The number of carbonyl (C=O) groups is 3. The van der Waals surface area contributed by atoms with Gasteiger partial charge in [-0.3, -0.25) is 19.7 Å². The number of hydrogen-bond acceptors (Lipinski definition) is 5. The Morgan fingerprint density at radius 2 is 1.97 bits per heavy atom. The summed E-state index contributed by atoms with van der Waals surface area (Å²) in [4.78, 5) is 38.8. The summed E-state index contributed by atoms with van der Waals surface area (Å²) >= 11 is 0.864. The average Bonchev–Trinajstić information content (AvgIpc) is 3.30. The van der Waals surface area contributed by atoms with Crippen molar-refractivity contribution in [2.75, 3.05) is 13.7 Å². The Morgan fingerprint density at radius 3 is 2.67 bits per heavy atom. The van der Waals surface area contributed by atoms with Crippen molar-refractivity contribution in [3.63, 3.8) is 0 Å². The van der Waals surface area contributed by atoms with Crippen LogP contribution in [0, 0.1) is 0 Å². The Balaban J connectivity index is 1.36. The number of benzene rings is 2.